The van der Waals surface area contributed by atoms with Crippen LogP contribution in [-0.4, -0.2) is 61.9 Å². The largest absolute Gasteiger partial charge is 0.462 e. The molecule has 0 aliphatic heterocycles. The maximum absolute atomic E-state index is 13.7. The minimum absolute atomic E-state index is 0.109. The molecule has 0 bridgehead atoms. The third-order valence-corrected chi connectivity index (χ3v) is 11.7. The van der Waals surface area contributed by atoms with E-state index in [0.29, 0.717) is 43.9 Å². The number of nitrogens with zero attached hydrogens (tertiary/aromatic N) is 1. The van der Waals surface area contributed by atoms with Crippen LogP contribution in [0.25, 0.3) is 0 Å². The lowest BCUT2D eigenvalue weighted by Gasteiger charge is -2.39. The van der Waals surface area contributed by atoms with Crippen molar-refractivity contribution in [1.82, 2.24) is 4.90 Å². The van der Waals surface area contributed by atoms with Gasteiger partial charge in [-0.1, -0.05) is 176 Å². The van der Waals surface area contributed by atoms with Gasteiger partial charge in [-0.25, -0.2) is 0 Å². The Morgan fingerprint density at radius 2 is 0.981 bits per heavy atom. The lowest BCUT2D eigenvalue weighted by molar-refractivity contribution is -0.162. The van der Waals surface area contributed by atoms with Crippen molar-refractivity contribution in [3.8, 4) is 0 Å². The molecule has 3 atom stereocenters. The normalized spacial score (nSPS) is 15.0. The van der Waals surface area contributed by atoms with E-state index in [1.54, 1.807) is 0 Å². The maximum atomic E-state index is 13.7. The molecule has 0 saturated heterocycles. The van der Waals surface area contributed by atoms with Gasteiger partial charge in [-0.05, 0) is 56.8 Å². The molecule has 1 saturated carbocycles. The number of carbonyl (C=O) groups excluding carboxylic acids is 2. The molecule has 1 rings (SSSR count). The van der Waals surface area contributed by atoms with Gasteiger partial charge in [0, 0.05) is 38.6 Å². The average Bonchev–Trinajstić information content (AvgIpc) is 3.12. The first-order valence-electron chi connectivity index (χ1n) is 23.6. The van der Waals surface area contributed by atoms with E-state index in [4.69, 9.17) is 14.2 Å². The molecule has 3 unspecified atom stereocenters. The van der Waals surface area contributed by atoms with Gasteiger partial charge in [0.2, 0.25) is 0 Å². The first-order chi connectivity index (χ1) is 26.0. The lowest BCUT2D eigenvalue weighted by Crippen LogP contribution is -2.48. The standard InChI is InChI=1S/C47H91NO5/c1-6-11-16-20-22-26-31-42(29-24-18-13-8-3)38-46(49)52-41-45(40-48(44-33-28-34-44)35-37-51-36-15-10-5)53-47(50)39-43(30-25-19-14-9-4)32-27-23-21-17-12-7-2/h42-45H,6-41H2,1-5H3. The summed E-state index contributed by atoms with van der Waals surface area (Å²) in [5.74, 6) is 0.530. The van der Waals surface area contributed by atoms with Crippen LogP contribution >= 0.6 is 0 Å². The SMILES string of the molecule is CCCCCCCCC(CCCCCC)CC(=O)OCC(CN(CCOCCCC)C1CCC1)OC(=O)CC(CCCCCC)CCCCCCCC. The van der Waals surface area contributed by atoms with Crippen LogP contribution < -0.4 is 0 Å². The molecule has 6 nitrogen and oxygen atoms in total. The minimum atomic E-state index is -0.445. The second kappa shape index (κ2) is 36.5. The molecule has 314 valence electrons. The number of carbonyl (C=O) groups is 2. The Bertz CT molecular complexity index is 817. The van der Waals surface area contributed by atoms with Gasteiger partial charge in [0.15, 0.2) is 0 Å². The summed E-state index contributed by atoms with van der Waals surface area (Å²) in [6, 6.07) is 0.491. The molecule has 0 heterocycles. The molecule has 0 aromatic rings. The van der Waals surface area contributed by atoms with Gasteiger partial charge in [-0.3, -0.25) is 14.5 Å². The zero-order valence-electron chi connectivity index (χ0n) is 36.3. The highest BCUT2D eigenvalue weighted by Crippen LogP contribution is 2.27. The fourth-order valence-corrected chi connectivity index (χ4v) is 7.88. The number of unbranched alkanes of at least 4 members (excludes halogenated alkanes) is 17. The highest BCUT2D eigenvalue weighted by atomic mass is 16.6. The van der Waals surface area contributed by atoms with Crippen LogP contribution in [0.2, 0.25) is 0 Å². The van der Waals surface area contributed by atoms with E-state index < -0.39 is 6.10 Å². The van der Waals surface area contributed by atoms with Gasteiger partial charge in [0.05, 0.1) is 6.61 Å². The number of rotatable bonds is 40. The predicted octanol–water partition coefficient (Wildman–Crippen LogP) is 13.6. The summed E-state index contributed by atoms with van der Waals surface area (Å²) in [5.41, 5.74) is 0. The molecular formula is C47H91NO5. The smallest absolute Gasteiger partial charge is 0.306 e. The summed E-state index contributed by atoms with van der Waals surface area (Å²) >= 11 is 0. The van der Waals surface area contributed by atoms with Crippen molar-refractivity contribution in [1.29, 1.82) is 0 Å². The van der Waals surface area contributed by atoms with E-state index in [1.807, 2.05) is 0 Å². The molecule has 0 aromatic carbocycles. The zero-order valence-corrected chi connectivity index (χ0v) is 36.3. The van der Waals surface area contributed by atoms with Crippen molar-refractivity contribution in [2.75, 3.05) is 32.9 Å². The fraction of sp³-hybridized carbons (Fsp3) is 0.957. The van der Waals surface area contributed by atoms with Crippen LogP contribution in [-0.2, 0) is 23.8 Å². The molecule has 0 radical (unpaired) electrons. The third-order valence-electron chi connectivity index (χ3n) is 11.7. The molecule has 1 aliphatic carbocycles. The number of esters is 2. The van der Waals surface area contributed by atoms with Crippen molar-refractivity contribution in [3.05, 3.63) is 0 Å². The van der Waals surface area contributed by atoms with E-state index in [1.165, 1.54) is 148 Å². The van der Waals surface area contributed by atoms with Crippen LogP contribution in [0.1, 0.15) is 234 Å². The van der Waals surface area contributed by atoms with Crippen molar-refractivity contribution in [2.45, 2.75) is 246 Å². The number of hydrogen-bond acceptors (Lipinski definition) is 6. The Balaban J connectivity index is 2.93. The molecule has 0 spiro atoms. The van der Waals surface area contributed by atoms with E-state index in [-0.39, 0.29) is 18.5 Å². The summed E-state index contributed by atoms with van der Waals surface area (Å²) in [5, 5.41) is 0. The van der Waals surface area contributed by atoms with E-state index in [9.17, 15) is 9.59 Å². The van der Waals surface area contributed by atoms with Gasteiger partial charge < -0.3 is 14.2 Å². The van der Waals surface area contributed by atoms with Gasteiger partial charge >= 0.3 is 11.9 Å². The molecule has 1 fully saturated rings. The topological polar surface area (TPSA) is 65.1 Å². The Morgan fingerprint density at radius 3 is 1.43 bits per heavy atom. The summed E-state index contributed by atoms with van der Waals surface area (Å²) in [4.78, 5) is 29.6. The van der Waals surface area contributed by atoms with Crippen LogP contribution in [0.15, 0.2) is 0 Å². The van der Waals surface area contributed by atoms with Gasteiger partial charge in [0.1, 0.15) is 12.7 Å². The Kier molecular flexibility index (Phi) is 34.3. The van der Waals surface area contributed by atoms with E-state index in [0.717, 1.165) is 51.7 Å². The summed E-state index contributed by atoms with van der Waals surface area (Å²) < 4.78 is 18.3. The highest BCUT2D eigenvalue weighted by molar-refractivity contribution is 5.70. The number of hydrogen-bond donors (Lipinski definition) is 0. The Morgan fingerprint density at radius 1 is 0.547 bits per heavy atom. The second-order valence-electron chi connectivity index (χ2n) is 16.8. The Labute approximate surface area is 330 Å². The molecule has 1 aliphatic rings. The van der Waals surface area contributed by atoms with Gasteiger partial charge in [-0.15, -0.1) is 0 Å². The first-order valence-corrected chi connectivity index (χ1v) is 23.6. The van der Waals surface area contributed by atoms with Crippen molar-refractivity contribution < 1.29 is 23.8 Å². The molecule has 0 N–H and O–H groups in total. The van der Waals surface area contributed by atoms with Gasteiger partial charge in [-0.2, -0.15) is 0 Å². The third kappa shape index (κ3) is 28.9. The highest BCUT2D eigenvalue weighted by Gasteiger charge is 2.30. The predicted molar refractivity (Wildman–Crippen MR) is 225 cm³/mol. The van der Waals surface area contributed by atoms with Crippen LogP contribution in [0.5, 0.6) is 0 Å². The second-order valence-corrected chi connectivity index (χ2v) is 16.8. The van der Waals surface area contributed by atoms with Crippen molar-refractivity contribution in [2.24, 2.45) is 11.8 Å². The van der Waals surface area contributed by atoms with Gasteiger partial charge in [0.25, 0.3) is 0 Å². The van der Waals surface area contributed by atoms with Crippen LogP contribution in [0, 0.1) is 11.8 Å². The van der Waals surface area contributed by atoms with Crippen LogP contribution in [0.3, 0.4) is 0 Å². The van der Waals surface area contributed by atoms with E-state index in [2.05, 4.69) is 39.5 Å². The lowest BCUT2D eigenvalue weighted by atomic mass is 9.91. The zero-order chi connectivity index (χ0) is 38.6. The summed E-state index contributed by atoms with van der Waals surface area (Å²) in [6.07, 6.45) is 35.9. The van der Waals surface area contributed by atoms with Crippen molar-refractivity contribution >= 4 is 11.9 Å². The molecule has 53 heavy (non-hydrogen) atoms. The monoisotopic (exact) mass is 750 g/mol. The van der Waals surface area contributed by atoms with E-state index >= 15 is 0 Å². The Hall–Kier alpha value is -1.14. The maximum Gasteiger partial charge on any atom is 0.306 e. The molecule has 0 amide bonds. The molecule has 6 heteroatoms. The average molecular weight is 750 g/mol. The quantitative estimate of drug-likeness (QED) is 0.0459. The van der Waals surface area contributed by atoms with Crippen molar-refractivity contribution in [3.63, 3.8) is 0 Å². The summed E-state index contributed by atoms with van der Waals surface area (Å²) in [7, 11) is 0. The first kappa shape index (κ1) is 49.9. The fourth-order valence-electron chi connectivity index (χ4n) is 7.88. The van der Waals surface area contributed by atoms with Crippen LogP contribution in [0.4, 0.5) is 0 Å². The molecule has 0 aromatic heterocycles. The summed E-state index contributed by atoms with van der Waals surface area (Å²) in [6.45, 7) is 14.3. The molecular weight excluding hydrogens is 659 g/mol. The number of ether oxygens (including phenoxy) is 3. The minimum Gasteiger partial charge on any atom is -0.462 e.